The molecule has 0 aliphatic carbocycles. The zero-order valence-electron chi connectivity index (χ0n) is 18.4. The van der Waals surface area contributed by atoms with Crippen LogP contribution in [0.1, 0.15) is 90.4 Å². The molecule has 0 N–H and O–H groups in total. The maximum Gasteiger partial charge on any atom is 0.336 e. The first-order chi connectivity index (χ1) is 14.6. The van der Waals surface area contributed by atoms with Gasteiger partial charge in [0.25, 0.3) is 0 Å². The van der Waals surface area contributed by atoms with Crippen molar-refractivity contribution >= 4 is 11.9 Å². The van der Waals surface area contributed by atoms with Crippen molar-refractivity contribution in [3.63, 3.8) is 0 Å². The molecule has 30 heavy (non-hydrogen) atoms. The summed E-state index contributed by atoms with van der Waals surface area (Å²) in [5.41, 5.74) is 0. The lowest BCUT2D eigenvalue weighted by Gasteiger charge is -2.04. The molecule has 1 rings (SSSR count). The number of rotatable bonds is 17. The number of hydrogen-bond acceptors (Lipinski definition) is 4. The second kappa shape index (κ2) is 17.7. The average molecular weight is 421 g/mol. The normalized spacial score (nSPS) is 11.0. The minimum atomic E-state index is -0.751. The summed E-state index contributed by atoms with van der Waals surface area (Å²) in [5, 5.41) is 0. The Morgan fingerprint density at radius 1 is 0.800 bits per heavy atom. The lowest BCUT2D eigenvalue weighted by atomic mass is 10.0. The van der Waals surface area contributed by atoms with Gasteiger partial charge in [0.2, 0.25) is 0 Å². The monoisotopic (exact) mass is 420 g/mol. The Hall–Kier alpha value is -2.17. The van der Waals surface area contributed by atoms with Crippen LogP contribution in [0.5, 0.6) is 5.75 Å². The summed E-state index contributed by atoms with van der Waals surface area (Å²) < 4.78 is 23.0. The van der Waals surface area contributed by atoms with Crippen molar-refractivity contribution in [3.8, 4) is 5.75 Å². The number of benzene rings is 1. The van der Waals surface area contributed by atoms with Crippen molar-refractivity contribution in [2.45, 2.75) is 90.4 Å². The van der Waals surface area contributed by atoms with Crippen molar-refractivity contribution < 1.29 is 23.5 Å². The predicted molar refractivity (Wildman–Crippen MR) is 118 cm³/mol. The maximum absolute atomic E-state index is 13.0. The molecular formula is C25H37FO4. The maximum atomic E-state index is 13.0. The molecule has 0 radical (unpaired) electrons. The molecule has 0 bridgehead atoms. The van der Waals surface area contributed by atoms with Crippen LogP contribution in [-0.4, -0.2) is 18.5 Å². The molecule has 1 aromatic rings. The highest BCUT2D eigenvalue weighted by atomic mass is 19.1. The van der Waals surface area contributed by atoms with E-state index in [9.17, 15) is 14.0 Å². The van der Waals surface area contributed by atoms with E-state index >= 15 is 0 Å². The fraction of sp³-hybridized carbons (Fsp3) is 0.600. The van der Waals surface area contributed by atoms with Gasteiger partial charge >= 0.3 is 11.9 Å². The number of esters is 2. The van der Waals surface area contributed by atoms with Gasteiger partial charge in [-0.15, -0.1) is 0 Å². The summed E-state index contributed by atoms with van der Waals surface area (Å²) in [6.07, 6.45) is 18.4. The summed E-state index contributed by atoms with van der Waals surface area (Å²) >= 11 is 0. The number of carbonyl (C=O) groups excluding carboxylic acids is 2. The predicted octanol–water partition coefficient (Wildman–Crippen LogP) is 6.92. The molecule has 1 aromatic carbocycles. The standard InChI is InChI=1S/C25H37FO4/c1-2-3-4-5-6-7-8-9-10-11-12-13-14-20-29-24(27)18-19-25(28)30-23-17-15-16-22(26)21-23/h15-19,21H,2-14,20H2,1H3/b19-18+. The Morgan fingerprint density at radius 3 is 1.90 bits per heavy atom. The third kappa shape index (κ3) is 14.8. The van der Waals surface area contributed by atoms with Crippen molar-refractivity contribution in [2.75, 3.05) is 6.61 Å². The fourth-order valence-electron chi connectivity index (χ4n) is 3.16. The third-order valence-electron chi connectivity index (χ3n) is 4.86. The van der Waals surface area contributed by atoms with Gasteiger partial charge in [-0.25, -0.2) is 14.0 Å². The number of hydrogen-bond donors (Lipinski definition) is 0. The van der Waals surface area contributed by atoms with Crippen molar-refractivity contribution in [1.82, 2.24) is 0 Å². The molecule has 5 heteroatoms. The van der Waals surface area contributed by atoms with E-state index in [1.807, 2.05) is 0 Å². The number of ether oxygens (including phenoxy) is 2. The first-order valence-corrected chi connectivity index (χ1v) is 11.4. The first-order valence-electron chi connectivity index (χ1n) is 11.4. The Labute approximate surface area is 180 Å². The van der Waals surface area contributed by atoms with E-state index in [4.69, 9.17) is 9.47 Å². The summed E-state index contributed by atoms with van der Waals surface area (Å²) in [6, 6.07) is 5.24. The minimum absolute atomic E-state index is 0.0880. The van der Waals surface area contributed by atoms with Gasteiger partial charge in [-0.3, -0.25) is 0 Å². The molecule has 0 unspecified atom stereocenters. The molecule has 0 heterocycles. The SMILES string of the molecule is CCCCCCCCCCCCCCCOC(=O)/C=C/C(=O)Oc1cccc(F)c1. The topological polar surface area (TPSA) is 52.6 Å². The average Bonchev–Trinajstić information content (AvgIpc) is 2.72. The van der Waals surface area contributed by atoms with E-state index in [0.717, 1.165) is 37.5 Å². The molecule has 0 aliphatic heterocycles. The molecule has 0 aromatic heterocycles. The van der Waals surface area contributed by atoms with Gasteiger partial charge in [-0.2, -0.15) is 0 Å². The molecule has 0 fully saturated rings. The highest BCUT2D eigenvalue weighted by Gasteiger charge is 2.04. The van der Waals surface area contributed by atoms with E-state index in [0.29, 0.717) is 6.61 Å². The highest BCUT2D eigenvalue weighted by Crippen LogP contribution is 2.13. The molecule has 4 nitrogen and oxygen atoms in total. The molecule has 0 aliphatic rings. The van der Waals surface area contributed by atoms with Gasteiger partial charge < -0.3 is 9.47 Å². The van der Waals surface area contributed by atoms with E-state index < -0.39 is 17.8 Å². The summed E-state index contributed by atoms with van der Waals surface area (Å²) in [7, 11) is 0. The van der Waals surface area contributed by atoms with Crippen LogP contribution < -0.4 is 4.74 Å². The summed E-state index contributed by atoms with van der Waals surface area (Å²) in [6.45, 7) is 2.59. The van der Waals surface area contributed by atoms with Crippen molar-refractivity contribution in [3.05, 3.63) is 42.2 Å². The fourth-order valence-corrected chi connectivity index (χ4v) is 3.16. The van der Waals surface area contributed by atoms with Crippen LogP contribution in [0.15, 0.2) is 36.4 Å². The van der Waals surface area contributed by atoms with Crippen molar-refractivity contribution in [1.29, 1.82) is 0 Å². The molecule has 168 valence electrons. The summed E-state index contributed by atoms with van der Waals surface area (Å²) in [4.78, 5) is 23.2. The lowest BCUT2D eigenvalue weighted by Crippen LogP contribution is -2.07. The third-order valence-corrected chi connectivity index (χ3v) is 4.86. The van der Waals surface area contributed by atoms with Crippen LogP contribution >= 0.6 is 0 Å². The Kier molecular flexibility index (Phi) is 15.2. The second-order valence-electron chi connectivity index (χ2n) is 7.62. The zero-order chi connectivity index (χ0) is 21.9. The van der Waals surface area contributed by atoms with Crippen molar-refractivity contribution in [2.24, 2.45) is 0 Å². The molecular weight excluding hydrogens is 383 g/mol. The Balaban J connectivity index is 1.93. The van der Waals surface area contributed by atoms with E-state index in [1.54, 1.807) is 0 Å². The quantitative estimate of drug-likeness (QED) is 0.119. The molecule has 0 saturated carbocycles. The Bertz CT molecular complexity index is 627. The van der Waals surface area contributed by atoms with E-state index in [2.05, 4.69) is 6.92 Å². The highest BCUT2D eigenvalue weighted by molar-refractivity contribution is 5.92. The van der Waals surface area contributed by atoms with Gasteiger partial charge in [-0.05, 0) is 18.6 Å². The molecule has 0 amide bonds. The van der Waals surface area contributed by atoms with Crippen LogP contribution in [0.25, 0.3) is 0 Å². The largest absolute Gasteiger partial charge is 0.463 e. The van der Waals surface area contributed by atoms with E-state index in [1.165, 1.54) is 82.4 Å². The van der Waals surface area contributed by atoms with Crippen LogP contribution in [0, 0.1) is 5.82 Å². The van der Waals surface area contributed by atoms with E-state index in [-0.39, 0.29) is 5.75 Å². The second-order valence-corrected chi connectivity index (χ2v) is 7.62. The molecule has 0 saturated heterocycles. The summed E-state index contributed by atoms with van der Waals surface area (Å²) in [5.74, 6) is -1.74. The molecule has 0 atom stereocenters. The number of unbranched alkanes of at least 4 members (excludes halogenated alkanes) is 12. The number of carbonyl (C=O) groups is 2. The van der Waals surface area contributed by atoms with Crippen LogP contribution in [0.3, 0.4) is 0 Å². The molecule has 0 spiro atoms. The zero-order valence-corrected chi connectivity index (χ0v) is 18.4. The van der Waals surface area contributed by atoms with Crippen LogP contribution in [0.4, 0.5) is 4.39 Å². The van der Waals surface area contributed by atoms with Gasteiger partial charge in [0.1, 0.15) is 11.6 Å². The van der Waals surface area contributed by atoms with Gasteiger partial charge in [-0.1, -0.05) is 90.0 Å². The number of halogens is 1. The first kappa shape index (κ1) is 25.9. The minimum Gasteiger partial charge on any atom is -0.463 e. The smallest absolute Gasteiger partial charge is 0.336 e. The van der Waals surface area contributed by atoms with Crippen LogP contribution in [0.2, 0.25) is 0 Å². The van der Waals surface area contributed by atoms with Gasteiger partial charge in [0.15, 0.2) is 0 Å². The van der Waals surface area contributed by atoms with Crippen LogP contribution in [-0.2, 0) is 14.3 Å². The van der Waals surface area contributed by atoms with Gasteiger partial charge in [0, 0.05) is 18.2 Å². The Morgan fingerprint density at radius 2 is 1.33 bits per heavy atom. The van der Waals surface area contributed by atoms with Gasteiger partial charge in [0.05, 0.1) is 6.61 Å². The lowest BCUT2D eigenvalue weighted by molar-refractivity contribution is -0.138.